The first-order chi connectivity index (χ1) is 6.33. The summed E-state index contributed by atoms with van der Waals surface area (Å²) in [6.07, 6.45) is 5.56. The van der Waals surface area contributed by atoms with Gasteiger partial charge in [-0.3, -0.25) is 0 Å². The zero-order chi connectivity index (χ0) is 9.57. The third-order valence-electron chi connectivity index (χ3n) is 3.05. The molecule has 0 aromatic carbocycles. The minimum absolute atomic E-state index is 1.36. The summed E-state index contributed by atoms with van der Waals surface area (Å²) in [5.74, 6) is 2.79. The summed E-state index contributed by atoms with van der Waals surface area (Å²) in [6.45, 7) is 8.91. The molecule has 0 aliphatic carbocycles. The average molecular weight is 202 g/mol. The van der Waals surface area contributed by atoms with Gasteiger partial charge in [0.2, 0.25) is 0 Å². The van der Waals surface area contributed by atoms with Crippen LogP contribution < -0.4 is 0 Å². The Morgan fingerprint density at radius 3 is 2.08 bits per heavy atom. The van der Waals surface area contributed by atoms with Gasteiger partial charge in [0.25, 0.3) is 0 Å². The van der Waals surface area contributed by atoms with Crippen LogP contribution in [0.4, 0.5) is 0 Å². The van der Waals surface area contributed by atoms with Gasteiger partial charge in [0.1, 0.15) is 5.88 Å². The minimum atomic E-state index is 1.36. The largest absolute Gasteiger partial charge is 0.314 e. The van der Waals surface area contributed by atoms with Crippen molar-refractivity contribution >= 4 is 11.8 Å². The van der Waals surface area contributed by atoms with E-state index in [1.165, 1.54) is 61.4 Å². The van der Waals surface area contributed by atoms with Gasteiger partial charge in [-0.25, -0.2) is 0 Å². The van der Waals surface area contributed by atoms with E-state index in [1.807, 2.05) is 0 Å². The molecule has 1 saturated heterocycles. The van der Waals surface area contributed by atoms with E-state index in [0.29, 0.717) is 0 Å². The smallest absolute Gasteiger partial charge is 0.126 e. The molecule has 1 rings (SSSR count). The molecule has 1 aliphatic rings. The lowest BCUT2D eigenvalue weighted by Gasteiger charge is -2.33. The van der Waals surface area contributed by atoms with E-state index in [9.17, 15) is 0 Å². The predicted octanol–water partition coefficient (Wildman–Crippen LogP) is 3.11. The van der Waals surface area contributed by atoms with Crippen LogP contribution in [0.3, 0.4) is 0 Å². The molecule has 0 radical (unpaired) electrons. The van der Waals surface area contributed by atoms with Crippen molar-refractivity contribution < 1.29 is 4.48 Å². The molecule has 1 fully saturated rings. The van der Waals surface area contributed by atoms with Gasteiger partial charge in [0, 0.05) is 5.75 Å². The zero-order valence-electron chi connectivity index (χ0n) is 9.22. The molecular formula is C11H24NS+. The Morgan fingerprint density at radius 2 is 1.69 bits per heavy atom. The molecular weight excluding hydrogens is 178 g/mol. The summed E-state index contributed by atoms with van der Waals surface area (Å²) in [6, 6.07) is 0. The minimum Gasteiger partial charge on any atom is -0.314 e. The summed E-state index contributed by atoms with van der Waals surface area (Å²) >= 11 is 2.15. The molecule has 0 aromatic rings. The standard InChI is InChI=1S/C11H24NS/c1-3-5-7-12(8-6-4-2)9-10-13-11-12/h3-11H2,1-2H3/q+1. The summed E-state index contributed by atoms with van der Waals surface area (Å²) in [7, 11) is 0. The zero-order valence-corrected chi connectivity index (χ0v) is 10.0. The van der Waals surface area contributed by atoms with E-state index in [-0.39, 0.29) is 0 Å². The van der Waals surface area contributed by atoms with E-state index >= 15 is 0 Å². The number of unbranched alkanes of at least 4 members (excludes halogenated alkanes) is 2. The Bertz CT molecular complexity index is 120. The average Bonchev–Trinajstić information content (AvgIpc) is 2.61. The normalized spacial score (nSPS) is 20.8. The molecule has 0 spiro atoms. The number of hydrogen-bond donors (Lipinski definition) is 0. The van der Waals surface area contributed by atoms with Gasteiger partial charge in [0.05, 0.1) is 19.6 Å². The maximum Gasteiger partial charge on any atom is 0.126 e. The van der Waals surface area contributed by atoms with E-state index < -0.39 is 0 Å². The number of nitrogens with zero attached hydrogens (tertiary/aromatic N) is 1. The monoisotopic (exact) mass is 202 g/mol. The number of hydrogen-bond acceptors (Lipinski definition) is 1. The van der Waals surface area contributed by atoms with Crippen LogP contribution in [0.15, 0.2) is 0 Å². The van der Waals surface area contributed by atoms with Crippen molar-refractivity contribution in [3.05, 3.63) is 0 Å². The molecule has 1 aliphatic heterocycles. The van der Waals surface area contributed by atoms with Crippen molar-refractivity contribution in [2.45, 2.75) is 39.5 Å². The van der Waals surface area contributed by atoms with Crippen LogP contribution >= 0.6 is 11.8 Å². The lowest BCUT2D eigenvalue weighted by atomic mass is 10.2. The molecule has 0 amide bonds. The second-order valence-electron chi connectivity index (χ2n) is 4.26. The number of thioether (sulfide) groups is 1. The third kappa shape index (κ3) is 3.51. The van der Waals surface area contributed by atoms with Crippen molar-refractivity contribution in [1.82, 2.24) is 0 Å². The lowest BCUT2D eigenvalue weighted by molar-refractivity contribution is -0.910. The van der Waals surface area contributed by atoms with E-state index in [2.05, 4.69) is 25.6 Å². The third-order valence-corrected chi connectivity index (χ3v) is 4.25. The number of quaternary nitrogens is 1. The highest BCUT2D eigenvalue weighted by Gasteiger charge is 2.30. The van der Waals surface area contributed by atoms with Gasteiger partial charge in [-0.1, -0.05) is 38.5 Å². The molecule has 1 heterocycles. The molecule has 0 unspecified atom stereocenters. The molecule has 78 valence electrons. The maximum atomic E-state index is 2.31. The van der Waals surface area contributed by atoms with Crippen molar-refractivity contribution in [1.29, 1.82) is 0 Å². The Kier molecular flexibility index (Phi) is 5.18. The first-order valence-corrected chi connectivity index (χ1v) is 6.91. The van der Waals surface area contributed by atoms with Crippen LogP contribution in [0.2, 0.25) is 0 Å². The molecule has 1 nitrogen and oxygen atoms in total. The van der Waals surface area contributed by atoms with Gasteiger partial charge < -0.3 is 4.48 Å². The van der Waals surface area contributed by atoms with Gasteiger partial charge in [-0.15, -0.1) is 0 Å². The summed E-state index contributed by atoms with van der Waals surface area (Å²) < 4.78 is 1.42. The Hall–Kier alpha value is 0.310. The van der Waals surface area contributed by atoms with E-state index in [4.69, 9.17) is 0 Å². The van der Waals surface area contributed by atoms with E-state index in [1.54, 1.807) is 0 Å². The van der Waals surface area contributed by atoms with Gasteiger partial charge in [0.15, 0.2) is 0 Å². The molecule has 0 saturated carbocycles. The molecule has 0 N–H and O–H groups in total. The van der Waals surface area contributed by atoms with Crippen LogP contribution in [0.25, 0.3) is 0 Å². The molecule has 0 bridgehead atoms. The Labute approximate surface area is 87.5 Å². The van der Waals surface area contributed by atoms with Crippen molar-refractivity contribution in [2.24, 2.45) is 0 Å². The molecule has 13 heavy (non-hydrogen) atoms. The summed E-state index contributed by atoms with van der Waals surface area (Å²) in [4.78, 5) is 0. The summed E-state index contributed by atoms with van der Waals surface area (Å²) in [5.41, 5.74) is 0. The SMILES string of the molecule is CCCC[N+]1(CCCC)CCSC1. The van der Waals surface area contributed by atoms with Crippen LogP contribution in [0.1, 0.15) is 39.5 Å². The lowest BCUT2D eigenvalue weighted by Crippen LogP contribution is -2.46. The highest BCUT2D eigenvalue weighted by atomic mass is 32.2. The highest BCUT2D eigenvalue weighted by Crippen LogP contribution is 2.24. The second kappa shape index (κ2) is 5.92. The van der Waals surface area contributed by atoms with Crippen molar-refractivity contribution in [3.8, 4) is 0 Å². The Balaban J connectivity index is 2.33. The van der Waals surface area contributed by atoms with Gasteiger partial charge in [-0.2, -0.15) is 0 Å². The van der Waals surface area contributed by atoms with Crippen LogP contribution in [0, 0.1) is 0 Å². The first kappa shape index (κ1) is 11.4. The molecule has 0 atom stereocenters. The van der Waals surface area contributed by atoms with E-state index in [0.717, 1.165) is 0 Å². The second-order valence-corrected chi connectivity index (χ2v) is 5.33. The van der Waals surface area contributed by atoms with Gasteiger partial charge in [-0.05, 0) is 12.8 Å². The van der Waals surface area contributed by atoms with Crippen LogP contribution in [0.5, 0.6) is 0 Å². The highest BCUT2D eigenvalue weighted by molar-refractivity contribution is 7.99. The van der Waals surface area contributed by atoms with Crippen molar-refractivity contribution in [3.63, 3.8) is 0 Å². The fraction of sp³-hybridized carbons (Fsp3) is 1.00. The summed E-state index contributed by atoms with van der Waals surface area (Å²) in [5, 5.41) is 0. The van der Waals surface area contributed by atoms with Crippen molar-refractivity contribution in [2.75, 3.05) is 31.3 Å². The quantitative estimate of drug-likeness (QED) is 0.596. The number of rotatable bonds is 6. The molecule has 2 heteroatoms. The first-order valence-electron chi connectivity index (χ1n) is 5.76. The fourth-order valence-corrected chi connectivity index (χ4v) is 3.45. The predicted molar refractivity (Wildman–Crippen MR) is 62.0 cm³/mol. The van der Waals surface area contributed by atoms with Crippen LogP contribution in [-0.4, -0.2) is 35.7 Å². The fourth-order valence-electron chi connectivity index (χ4n) is 2.03. The molecule has 0 aromatic heterocycles. The topological polar surface area (TPSA) is 0 Å². The van der Waals surface area contributed by atoms with Crippen LogP contribution in [-0.2, 0) is 0 Å². The Morgan fingerprint density at radius 1 is 1.08 bits per heavy atom. The maximum absolute atomic E-state index is 2.31. The van der Waals surface area contributed by atoms with Gasteiger partial charge >= 0.3 is 0 Å².